The van der Waals surface area contributed by atoms with Crippen LogP contribution in [0.1, 0.15) is 31.4 Å². The second-order valence-electron chi connectivity index (χ2n) is 5.77. The van der Waals surface area contributed by atoms with Crippen molar-refractivity contribution in [3.63, 3.8) is 0 Å². The number of benzene rings is 2. The second-order valence-corrected chi connectivity index (χ2v) is 5.77. The lowest BCUT2D eigenvalue weighted by molar-refractivity contribution is -0.127. The number of carbonyl (C=O) groups is 2. The average Bonchev–Trinajstić information content (AvgIpc) is 2.77. The average molecular weight is 335 g/mol. The van der Waals surface area contributed by atoms with Crippen molar-refractivity contribution >= 4 is 23.2 Å². The Morgan fingerprint density at radius 1 is 1.08 bits per heavy atom. The molecule has 0 aromatic heterocycles. The van der Waals surface area contributed by atoms with Gasteiger partial charge in [-0.05, 0) is 13.0 Å². The van der Waals surface area contributed by atoms with Crippen molar-refractivity contribution in [2.24, 2.45) is 4.99 Å². The number of anilines is 1. The number of hydrogen-bond donors (Lipinski definition) is 1. The summed E-state index contributed by atoms with van der Waals surface area (Å²) in [5.74, 6) is -0.417. The first-order valence-corrected chi connectivity index (χ1v) is 8.49. The Labute approximate surface area is 147 Å². The summed E-state index contributed by atoms with van der Waals surface area (Å²) in [6, 6.07) is 17.4. The molecule has 1 heterocycles. The Bertz CT molecular complexity index is 815. The van der Waals surface area contributed by atoms with Crippen LogP contribution in [0.2, 0.25) is 0 Å². The first-order chi connectivity index (χ1) is 12.2. The van der Waals surface area contributed by atoms with Crippen LogP contribution in [0, 0.1) is 0 Å². The van der Waals surface area contributed by atoms with E-state index < -0.39 is 6.17 Å². The van der Waals surface area contributed by atoms with E-state index in [1.807, 2.05) is 61.5 Å². The number of aliphatic imine (C=N–C) groups is 1. The summed E-state index contributed by atoms with van der Waals surface area (Å²) in [5.41, 5.74) is 3.32. The van der Waals surface area contributed by atoms with Crippen molar-refractivity contribution < 1.29 is 9.59 Å². The van der Waals surface area contributed by atoms with Gasteiger partial charge < -0.3 is 10.2 Å². The van der Waals surface area contributed by atoms with Crippen molar-refractivity contribution in [3.8, 4) is 0 Å². The molecular formula is C20H21N3O2. The Balaban J connectivity index is 2.18. The van der Waals surface area contributed by atoms with E-state index in [0.717, 1.165) is 16.8 Å². The van der Waals surface area contributed by atoms with E-state index in [1.54, 1.807) is 11.8 Å². The zero-order chi connectivity index (χ0) is 17.8. The molecule has 0 fully saturated rings. The zero-order valence-corrected chi connectivity index (χ0v) is 14.4. The van der Waals surface area contributed by atoms with Gasteiger partial charge in [-0.25, -0.2) is 4.99 Å². The van der Waals surface area contributed by atoms with Gasteiger partial charge in [0.05, 0.1) is 11.4 Å². The van der Waals surface area contributed by atoms with Gasteiger partial charge in [-0.3, -0.25) is 9.59 Å². The maximum Gasteiger partial charge on any atom is 0.272 e. The molecule has 5 nitrogen and oxygen atoms in total. The van der Waals surface area contributed by atoms with Crippen molar-refractivity contribution in [2.45, 2.75) is 26.4 Å². The van der Waals surface area contributed by atoms with Gasteiger partial charge in [0.1, 0.15) is 0 Å². The van der Waals surface area contributed by atoms with Crippen molar-refractivity contribution in [1.29, 1.82) is 0 Å². The smallest absolute Gasteiger partial charge is 0.272 e. The van der Waals surface area contributed by atoms with E-state index in [1.165, 1.54) is 0 Å². The molecule has 2 aromatic carbocycles. The molecule has 1 N–H and O–H groups in total. The van der Waals surface area contributed by atoms with Crippen LogP contribution in [0.3, 0.4) is 0 Å². The van der Waals surface area contributed by atoms with E-state index in [0.29, 0.717) is 18.7 Å². The molecule has 1 atom stereocenters. The van der Waals surface area contributed by atoms with Crippen molar-refractivity contribution in [3.05, 3.63) is 65.7 Å². The fourth-order valence-electron chi connectivity index (χ4n) is 2.93. The quantitative estimate of drug-likeness (QED) is 0.934. The molecule has 2 amide bonds. The van der Waals surface area contributed by atoms with Gasteiger partial charge in [0, 0.05) is 24.1 Å². The Kier molecular flexibility index (Phi) is 4.93. The predicted octanol–water partition coefficient (Wildman–Crippen LogP) is 2.74. The third-order valence-electron chi connectivity index (χ3n) is 4.19. The molecule has 3 rings (SSSR count). The molecule has 0 saturated heterocycles. The summed E-state index contributed by atoms with van der Waals surface area (Å²) < 4.78 is 0. The molecule has 0 aliphatic carbocycles. The molecule has 128 valence electrons. The highest BCUT2D eigenvalue weighted by Crippen LogP contribution is 2.27. The van der Waals surface area contributed by atoms with Crippen molar-refractivity contribution in [2.75, 3.05) is 11.4 Å². The van der Waals surface area contributed by atoms with Crippen LogP contribution < -0.4 is 10.2 Å². The molecule has 0 spiro atoms. The van der Waals surface area contributed by atoms with Gasteiger partial charge in [0.25, 0.3) is 5.91 Å². The first-order valence-electron chi connectivity index (χ1n) is 8.49. The molecule has 0 bridgehead atoms. The van der Waals surface area contributed by atoms with Gasteiger partial charge in [0.2, 0.25) is 12.1 Å². The standard InChI is InChI=1S/C20H21N3O2/c1-3-17(24)21-19-20(25)23(4-2)16-13-9-8-12-15(16)18(22-19)14-10-6-5-7-11-14/h5-13,19H,3-4H2,1-2H3,(H,21,24). The molecule has 2 aromatic rings. The summed E-state index contributed by atoms with van der Waals surface area (Å²) in [4.78, 5) is 31.2. The molecular weight excluding hydrogens is 314 g/mol. The van der Waals surface area contributed by atoms with Gasteiger partial charge in [-0.15, -0.1) is 0 Å². The SMILES string of the molecule is CCC(=O)NC1N=C(c2ccccc2)c2ccccc2N(CC)C1=O. The lowest BCUT2D eigenvalue weighted by atomic mass is 10.0. The third kappa shape index (κ3) is 3.31. The van der Waals surface area contributed by atoms with Crippen LogP contribution in [0.25, 0.3) is 0 Å². The van der Waals surface area contributed by atoms with Crippen LogP contribution in [0.5, 0.6) is 0 Å². The maximum absolute atomic E-state index is 13.0. The van der Waals surface area contributed by atoms with Crippen LogP contribution in [0.4, 0.5) is 5.69 Å². The van der Waals surface area contributed by atoms with E-state index in [-0.39, 0.29) is 11.8 Å². The number of benzodiazepines with no additional fused rings is 1. The molecule has 5 heteroatoms. The Hall–Kier alpha value is -2.95. The van der Waals surface area contributed by atoms with Crippen LogP contribution in [-0.4, -0.2) is 30.2 Å². The van der Waals surface area contributed by atoms with Gasteiger partial charge in [0.15, 0.2) is 0 Å². The molecule has 0 radical (unpaired) electrons. The normalized spacial score (nSPS) is 16.7. The van der Waals surface area contributed by atoms with Crippen molar-refractivity contribution in [1.82, 2.24) is 5.32 Å². The molecule has 0 saturated carbocycles. The number of hydrogen-bond acceptors (Lipinski definition) is 3. The molecule has 1 aliphatic rings. The highest BCUT2D eigenvalue weighted by molar-refractivity contribution is 6.20. The summed E-state index contributed by atoms with van der Waals surface area (Å²) >= 11 is 0. The minimum absolute atomic E-state index is 0.198. The second kappa shape index (κ2) is 7.30. The Morgan fingerprint density at radius 3 is 2.44 bits per heavy atom. The molecule has 1 unspecified atom stereocenters. The number of carbonyl (C=O) groups excluding carboxylic acids is 2. The minimum Gasteiger partial charge on any atom is -0.327 e. The highest BCUT2D eigenvalue weighted by Gasteiger charge is 2.31. The van der Waals surface area contributed by atoms with Crippen LogP contribution in [0.15, 0.2) is 59.6 Å². The predicted molar refractivity (Wildman–Crippen MR) is 98.8 cm³/mol. The van der Waals surface area contributed by atoms with Crippen LogP contribution >= 0.6 is 0 Å². The van der Waals surface area contributed by atoms with Gasteiger partial charge in [-0.1, -0.05) is 55.5 Å². The van der Waals surface area contributed by atoms with Gasteiger partial charge in [-0.2, -0.15) is 0 Å². The highest BCUT2D eigenvalue weighted by atomic mass is 16.2. The molecule has 1 aliphatic heterocycles. The number of para-hydroxylation sites is 1. The lowest BCUT2D eigenvalue weighted by Gasteiger charge is -2.23. The first kappa shape index (κ1) is 16.9. The summed E-state index contributed by atoms with van der Waals surface area (Å²) in [6.45, 7) is 4.18. The number of rotatable bonds is 4. The fraction of sp³-hybridized carbons (Fsp3) is 0.250. The van der Waals surface area contributed by atoms with Crippen LogP contribution in [-0.2, 0) is 9.59 Å². The summed E-state index contributed by atoms with van der Waals surface area (Å²) in [6.07, 6.45) is -0.617. The van der Waals surface area contributed by atoms with E-state index in [2.05, 4.69) is 10.3 Å². The number of nitrogens with one attached hydrogen (secondary N) is 1. The number of nitrogens with zero attached hydrogens (tertiary/aromatic N) is 2. The minimum atomic E-state index is -0.921. The Morgan fingerprint density at radius 2 is 1.76 bits per heavy atom. The molecule has 25 heavy (non-hydrogen) atoms. The lowest BCUT2D eigenvalue weighted by Crippen LogP contribution is -2.47. The van der Waals surface area contributed by atoms with E-state index in [4.69, 9.17) is 0 Å². The summed E-state index contributed by atoms with van der Waals surface area (Å²) in [5, 5.41) is 2.74. The maximum atomic E-state index is 13.0. The fourth-order valence-corrected chi connectivity index (χ4v) is 2.93. The monoisotopic (exact) mass is 335 g/mol. The van der Waals surface area contributed by atoms with Gasteiger partial charge >= 0.3 is 0 Å². The van der Waals surface area contributed by atoms with E-state index in [9.17, 15) is 9.59 Å². The van der Waals surface area contributed by atoms with E-state index >= 15 is 0 Å². The number of likely N-dealkylation sites (N-methyl/N-ethyl adjacent to an activating group) is 1. The number of amides is 2. The largest absolute Gasteiger partial charge is 0.327 e. The summed E-state index contributed by atoms with van der Waals surface area (Å²) in [7, 11) is 0. The third-order valence-corrected chi connectivity index (χ3v) is 4.19. The zero-order valence-electron chi connectivity index (χ0n) is 14.4. The number of fused-ring (bicyclic) bond motifs is 1. The topological polar surface area (TPSA) is 61.8 Å².